The van der Waals surface area contributed by atoms with Gasteiger partial charge in [-0.2, -0.15) is 4.98 Å². The Kier molecular flexibility index (Phi) is 10.9. The SMILES string of the molecule is CN=C(NCCc1noc(-c2ccccn2)n1)NCc1ccc(C)cc1OCCOC.I. The highest BCUT2D eigenvalue weighted by atomic mass is 127. The molecule has 0 spiro atoms. The topological polar surface area (TPSA) is 107 Å². The van der Waals surface area contributed by atoms with E-state index in [0.717, 1.165) is 16.9 Å². The minimum absolute atomic E-state index is 0. The summed E-state index contributed by atoms with van der Waals surface area (Å²) in [5.74, 6) is 2.54. The van der Waals surface area contributed by atoms with Crippen LogP contribution in [0.4, 0.5) is 0 Å². The molecule has 1 aromatic carbocycles. The van der Waals surface area contributed by atoms with Crippen molar-refractivity contribution in [3.63, 3.8) is 0 Å². The van der Waals surface area contributed by atoms with Crippen molar-refractivity contribution in [3.05, 3.63) is 59.5 Å². The zero-order valence-electron chi connectivity index (χ0n) is 18.5. The van der Waals surface area contributed by atoms with Gasteiger partial charge in [0.1, 0.15) is 18.1 Å². The Bertz CT molecular complexity index is 981. The first-order valence-corrected chi connectivity index (χ1v) is 10.1. The molecule has 32 heavy (non-hydrogen) atoms. The predicted octanol–water partition coefficient (Wildman–Crippen LogP) is 2.99. The minimum atomic E-state index is 0. The van der Waals surface area contributed by atoms with E-state index in [-0.39, 0.29) is 24.0 Å². The summed E-state index contributed by atoms with van der Waals surface area (Å²) in [5.41, 5.74) is 2.85. The van der Waals surface area contributed by atoms with E-state index >= 15 is 0 Å². The van der Waals surface area contributed by atoms with E-state index in [2.05, 4.69) is 42.9 Å². The number of aryl methyl sites for hydroxylation is 1. The van der Waals surface area contributed by atoms with Gasteiger partial charge in [0, 0.05) is 45.4 Å². The fraction of sp³-hybridized carbons (Fsp3) is 0.364. The summed E-state index contributed by atoms with van der Waals surface area (Å²) in [5, 5.41) is 10.6. The molecule has 0 fully saturated rings. The third kappa shape index (κ3) is 7.75. The van der Waals surface area contributed by atoms with Crippen LogP contribution in [-0.4, -0.2) is 55.0 Å². The molecule has 0 saturated carbocycles. The summed E-state index contributed by atoms with van der Waals surface area (Å²) < 4.78 is 16.2. The van der Waals surface area contributed by atoms with Crippen molar-refractivity contribution < 1.29 is 14.0 Å². The Morgan fingerprint density at radius 1 is 1.16 bits per heavy atom. The lowest BCUT2D eigenvalue weighted by atomic mass is 10.1. The number of halogens is 1. The highest BCUT2D eigenvalue weighted by Crippen LogP contribution is 2.20. The molecule has 0 amide bonds. The number of benzene rings is 1. The molecule has 2 heterocycles. The summed E-state index contributed by atoms with van der Waals surface area (Å²) in [6, 6.07) is 11.7. The molecule has 2 aromatic heterocycles. The van der Waals surface area contributed by atoms with Gasteiger partial charge in [-0.1, -0.05) is 23.4 Å². The smallest absolute Gasteiger partial charge is 0.276 e. The van der Waals surface area contributed by atoms with Crippen LogP contribution in [0.25, 0.3) is 11.6 Å². The second kappa shape index (κ2) is 13.6. The van der Waals surface area contributed by atoms with Crippen LogP contribution in [0, 0.1) is 6.92 Å². The Morgan fingerprint density at radius 2 is 2.03 bits per heavy atom. The third-order valence-electron chi connectivity index (χ3n) is 4.43. The van der Waals surface area contributed by atoms with E-state index in [1.165, 1.54) is 0 Å². The quantitative estimate of drug-likeness (QED) is 0.171. The number of hydrogen-bond donors (Lipinski definition) is 2. The molecule has 0 aliphatic heterocycles. The predicted molar refractivity (Wildman–Crippen MR) is 133 cm³/mol. The number of guanidine groups is 1. The lowest BCUT2D eigenvalue weighted by Gasteiger charge is -2.15. The van der Waals surface area contributed by atoms with Gasteiger partial charge in [-0.25, -0.2) is 0 Å². The van der Waals surface area contributed by atoms with Crippen molar-refractivity contribution in [2.24, 2.45) is 4.99 Å². The van der Waals surface area contributed by atoms with Crippen LogP contribution >= 0.6 is 24.0 Å². The maximum absolute atomic E-state index is 5.84. The summed E-state index contributed by atoms with van der Waals surface area (Å²) in [7, 11) is 3.39. The summed E-state index contributed by atoms with van der Waals surface area (Å²) in [4.78, 5) is 12.9. The summed E-state index contributed by atoms with van der Waals surface area (Å²) in [6.07, 6.45) is 2.28. The fourth-order valence-electron chi connectivity index (χ4n) is 2.82. The minimum Gasteiger partial charge on any atom is -0.491 e. The van der Waals surface area contributed by atoms with Gasteiger partial charge in [-0.05, 0) is 30.7 Å². The van der Waals surface area contributed by atoms with Crippen molar-refractivity contribution >= 4 is 29.9 Å². The van der Waals surface area contributed by atoms with E-state index in [4.69, 9.17) is 14.0 Å². The van der Waals surface area contributed by atoms with E-state index in [1.807, 2.05) is 31.2 Å². The average Bonchev–Trinajstić information content (AvgIpc) is 3.27. The number of ether oxygens (including phenoxy) is 2. The molecule has 2 N–H and O–H groups in total. The number of hydrogen-bond acceptors (Lipinski definition) is 7. The molecular weight excluding hydrogens is 523 g/mol. The first-order chi connectivity index (χ1) is 15.2. The fourth-order valence-corrected chi connectivity index (χ4v) is 2.82. The van der Waals surface area contributed by atoms with Crippen molar-refractivity contribution in [3.8, 4) is 17.3 Å². The van der Waals surface area contributed by atoms with Crippen LogP contribution in [0.1, 0.15) is 17.0 Å². The largest absolute Gasteiger partial charge is 0.491 e. The molecule has 172 valence electrons. The molecule has 0 atom stereocenters. The number of pyridine rings is 1. The van der Waals surface area contributed by atoms with Crippen LogP contribution in [-0.2, 0) is 17.7 Å². The first kappa shape index (κ1) is 25.5. The standard InChI is InChI=1S/C22H28N6O3.HI/c1-16-7-8-17(19(14-16)30-13-12-29-3)15-26-22(23-2)25-11-9-20-27-21(31-28-20)18-6-4-5-10-24-18;/h4-8,10,14H,9,11-13,15H2,1-3H3,(H2,23,25,26);1H. The second-order valence-electron chi connectivity index (χ2n) is 6.79. The molecule has 0 aliphatic carbocycles. The zero-order chi connectivity index (χ0) is 21.9. The number of nitrogens with zero attached hydrogens (tertiary/aromatic N) is 4. The second-order valence-corrected chi connectivity index (χ2v) is 6.79. The maximum atomic E-state index is 5.84. The van der Waals surface area contributed by atoms with E-state index in [9.17, 15) is 0 Å². The van der Waals surface area contributed by atoms with E-state index in [1.54, 1.807) is 20.4 Å². The average molecular weight is 552 g/mol. The Morgan fingerprint density at radius 3 is 2.78 bits per heavy atom. The highest BCUT2D eigenvalue weighted by molar-refractivity contribution is 14.0. The Labute approximate surface area is 205 Å². The van der Waals surface area contributed by atoms with Crippen molar-refractivity contribution in [1.29, 1.82) is 0 Å². The van der Waals surface area contributed by atoms with Gasteiger partial charge in [0.15, 0.2) is 11.8 Å². The van der Waals surface area contributed by atoms with Gasteiger partial charge in [0.05, 0.1) is 6.61 Å². The van der Waals surface area contributed by atoms with Crippen molar-refractivity contribution in [2.75, 3.05) is 33.9 Å². The van der Waals surface area contributed by atoms with Crippen LogP contribution in [0.3, 0.4) is 0 Å². The lowest BCUT2D eigenvalue weighted by Crippen LogP contribution is -2.38. The van der Waals surface area contributed by atoms with Gasteiger partial charge < -0.3 is 24.6 Å². The molecule has 3 aromatic rings. The zero-order valence-corrected chi connectivity index (χ0v) is 20.8. The van der Waals surface area contributed by atoms with Crippen molar-refractivity contribution in [1.82, 2.24) is 25.8 Å². The summed E-state index contributed by atoms with van der Waals surface area (Å²) >= 11 is 0. The monoisotopic (exact) mass is 552 g/mol. The molecule has 9 nitrogen and oxygen atoms in total. The third-order valence-corrected chi connectivity index (χ3v) is 4.43. The van der Waals surface area contributed by atoms with E-state index in [0.29, 0.717) is 56.1 Å². The molecule has 0 unspecified atom stereocenters. The van der Waals surface area contributed by atoms with Crippen LogP contribution in [0.15, 0.2) is 52.1 Å². The number of rotatable bonds is 10. The van der Waals surface area contributed by atoms with Crippen LogP contribution in [0.5, 0.6) is 5.75 Å². The van der Waals surface area contributed by atoms with Gasteiger partial charge in [0.2, 0.25) is 0 Å². The molecule has 0 radical (unpaired) electrons. The van der Waals surface area contributed by atoms with Gasteiger partial charge >= 0.3 is 0 Å². The Hall–Kier alpha value is -2.73. The highest BCUT2D eigenvalue weighted by Gasteiger charge is 2.10. The molecule has 0 bridgehead atoms. The maximum Gasteiger partial charge on any atom is 0.276 e. The van der Waals surface area contributed by atoms with Gasteiger partial charge in [0.25, 0.3) is 5.89 Å². The number of aromatic nitrogens is 3. The van der Waals surface area contributed by atoms with Gasteiger partial charge in [-0.15, -0.1) is 24.0 Å². The molecule has 0 aliphatic rings. The molecular formula is C22H29IN6O3. The molecule has 3 rings (SSSR count). The lowest BCUT2D eigenvalue weighted by molar-refractivity contribution is 0.145. The van der Waals surface area contributed by atoms with E-state index < -0.39 is 0 Å². The first-order valence-electron chi connectivity index (χ1n) is 10.1. The summed E-state index contributed by atoms with van der Waals surface area (Å²) in [6.45, 7) is 4.27. The van der Waals surface area contributed by atoms with Crippen LogP contribution in [0.2, 0.25) is 0 Å². The normalized spacial score (nSPS) is 11.0. The molecule has 10 heteroatoms. The van der Waals surface area contributed by atoms with Crippen LogP contribution < -0.4 is 15.4 Å². The Balaban J connectivity index is 0.00000363. The number of nitrogens with one attached hydrogen (secondary N) is 2. The van der Waals surface area contributed by atoms with Crippen molar-refractivity contribution in [2.45, 2.75) is 19.9 Å². The molecule has 0 saturated heterocycles. The number of methoxy groups -OCH3 is 1. The number of aliphatic imine (C=N–C) groups is 1. The van der Waals surface area contributed by atoms with Gasteiger partial charge in [-0.3, -0.25) is 9.98 Å².